The van der Waals surface area contributed by atoms with Gasteiger partial charge in [-0.2, -0.15) is 0 Å². The smallest absolute Gasteiger partial charge is 0.220 e. The van der Waals surface area contributed by atoms with Gasteiger partial charge in [0.15, 0.2) is 0 Å². The molecular formula is C34H64N6O6. The molecule has 266 valence electrons. The van der Waals surface area contributed by atoms with Gasteiger partial charge in [0, 0.05) is 55.5 Å². The highest BCUT2D eigenvalue weighted by Gasteiger charge is 2.16. The number of rotatable bonds is 29. The average molecular weight is 653 g/mol. The summed E-state index contributed by atoms with van der Waals surface area (Å²) in [5.41, 5.74) is 2.45. The van der Waals surface area contributed by atoms with Crippen LogP contribution in [-0.2, 0) is 14.4 Å². The van der Waals surface area contributed by atoms with E-state index in [1.54, 1.807) is 0 Å². The fourth-order valence-corrected chi connectivity index (χ4v) is 4.77. The molecule has 0 radical (unpaired) electrons. The van der Waals surface area contributed by atoms with E-state index in [1.165, 1.54) is 6.92 Å². The van der Waals surface area contributed by atoms with Gasteiger partial charge >= 0.3 is 0 Å². The Morgan fingerprint density at radius 3 is 1.35 bits per heavy atom. The number of hydrogen-bond acceptors (Lipinski definition) is 9. The topological polar surface area (TPSA) is 184 Å². The quantitative estimate of drug-likeness (QED) is 0.0547. The summed E-state index contributed by atoms with van der Waals surface area (Å²) in [5, 5.41) is 47.1. The van der Waals surface area contributed by atoms with Crippen LogP contribution in [0.25, 0.3) is 0 Å². The first-order valence-corrected chi connectivity index (χ1v) is 16.8. The van der Waals surface area contributed by atoms with Crippen LogP contribution < -0.4 is 31.9 Å². The van der Waals surface area contributed by atoms with Gasteiger partial charge in [0.05, 0.1) is 37.9 Å². The normalized spacial score (nSPS) is 14.2. The van der Waals surface area contributed by atoms with Crippen LogP contribution in [0.15, 0.2) is 36.8 Å². The van der Waals surface area contributed by atoms with Gasteiger partial charge in [0.25, 0.3) is 0 Å². The Morgan fingerprint density at radius 1 is 0.587 bits per heavy atom. The van der Waals surface area contributed by atoms with Crippen molar-refractivity contribution in [3.05, 3.63) is 36.8 Å². The predicted molar refractivity (Wildman–Crippen MR) is 184 cm³/mol. The van der Waals surface area contributed by atoms with E-state index in [1.807, 2.05) is 13.8 Å². The van der Waals surface area contributed by atoms with E-state index in [2.05, 4.69) is 58.6 Å². The van der Waals surface area contributed by atoms with E-state index in [9.17, 15) is 29.7 Å². The lowest BCUT2D eigenvalue weighted by Crippen LogP contribution is -2.39. The average Bonchev–Trinajstić information content (AvgIpc) is 3.01. The molecule has 0 saturated carbocycles. The van der Waals surface area contributed by atoms with E-state index in [0.717, 1.165) is 36.5 Å². The van der Waals surface area contributed by atoms with Crippen molar-refractivity contribution in [2.45, 2.75) is 135 Å². The number of amides is 3. The summed E-state index contributed by atoms with van der Waals surface area (Å²) in [7, 11) is 0. The Kier molecular flexibility index (Phi) is 24.3. The van der Waals surface area contributed by atoms with Crippen molar-refractivity contribution in [2.24, 2.45) is 0 Å². The highest BCUT2D eigenvalue weighted by molar-refractivity contribution is 5.76. The second kappa shape index (κ2) is 26.0. The fraction of sp³-hybridized carbons (Fsp3) is 0.735. The van der Waals surface area contributed by atoms with Gasteiger partial charge in [-0.05, 0) is 71.6 Å². The van der Waals surface area contributed by atoms with Crippen LogP contribution in [0.5, 0.6) is 0 Å². The summed E-state index contributed by atoms with van der Waals surface area (Å²) >= 11 is 0. The van der Waals surface area contributed by atoms with Crippen LogP contribution in [0.4, 0.5) is 0 Å². The number of aliphatic hydroxyl groups excluding tert-OH is 3. The van der Waals surface area contributed by atoms with Gasteiger partial charge in [0.2, 0.25) is 17.7 Å². The zero-order valence-corrected chi connectivity index (χ0v) is 28.9. The molecule has 46 heavy (non-hydrogen) atoms. The first kappa shape index (κ1) is 42.9. The van der Waals surface area contributed by atoms with Gasteiger partial charge in [0.1, 0.15) is 0 Å². The molecule has 0 aromatic carbocycles. The number of carbonyl (C=O) groups is 3. The summed E-state index contributed by atoms with van der Waals surface area (Å²) in [6.45, 7) is 20.0. The molecule has 0 aromatic rings. The molecule has 0 spiro atoms. The lowest BCUT2D eigenvalue weighted by Gasteiger charge is -2.22. The zero-order chi connectivity index (χ0) is 34.9. The van der Waals surface area contributed by atoms with Gasteiger partial charge in [-0.3, -0.25) is 14.4 Å². The van der Waals surface area contributed by atoms with Crippen LogP contribution in [0, 0.1) is 0 Å². The minimum atomic E-state index is -0.400. The molecule has 0 aliphatic carbocycles. The minimum Gasteiger partial charge on any atom is -0.394 e. The molecule has 0 rings (SSSR count). The van der Waals surface area contributed by atoms with Crippen molar-refractivity contribution in [1.82, 2.24) is 31.9 Å². The van der Waals surface area contributed by atoms with Crippen LogP contribution in [0.3, 0.4) is 0 Å². The molecule has 0 fully saturated rings. The Hall–Kier alpha value is -3.09. The third kappa shape index (κ3) is 23.3. The summed E-state index contributed by atoms with van der Waals surface area (Å²) in [4.78, 5) is 36.2. The molecule has 3 amide bonds. The minimum absolute atomic E-state index is 0.000740. The molecule has 2 unspecified atom stereocenters. The predicted octanol–water partition coefficient (Wildman–Crippen LogP) is 2.23. The number of allylic oxidation sites excluding steroid dienone is 3. The molecule has 5 atom stereocenters. The number of hydrogen-bond donors (Lipinski definition) is 9. The van der Waals surface area contributed by atoms with Crippen molar-refractivity contribution in [2.75, 3.05) is 26.4 Å². The first-order valence-electron chi connectivity index (χ1n) is 16.8. The molecule has 0 bridgehead atoms. The molecule has 0 saturated heterocycles. The van der Waals surface area contributed by atoms with E-state index < -0.39 is 6.04 Å². The highest BCUT2D eigenvalue weighted by atomic mass is 16.3. The summed E-state index contributed by atoms with van der Waals surface area (Å²) in [6.07, 6.45) is 7.44. The Labute approximate surface area is 277 Å². The van der Waals surface area contributed by atoms with E-state index in [4.69, 9.17) is 0 Å². The van der Waals surface area contributed by atoms with E-state index in [0.29, 0.717) is 57.8 Å². The number of unbranched alkanes of at least 4 members (excludes halogenated alkanes) is 1. The van der Waals surface area contributed by atoms with Crippen LogP contribution in [0.2, 0.25) is 0 Å². The fourth-order valence-electron chi connectivity index (χ4n) is 4.77. The molecule has 0 heterocycles. The van der Waals surface area contributed by atoms with Gasteiger partial charge in [-0.15, -0.1) is 0 Å². The van der Waals surface area contributed by atoms with Crippen LogP contribution in [0.1, 0.15) is 105 Å². The largest absolute Gasteiger partial charge is 0.394 e. The third-order valence-corrected chi connectivity index (χ3v) is 7.60. The second-order valence-corrected chi connectivity index (χ2v) is 12.3. The molecule has 0 aliphatic heterocycles. The molecule has 0 aliphatic rings. The van der Waals surface area contributed by atoms with E-state index in [-0.39, 0.29) is 68.1 Å². The lowest BCUT2D eigenvalue weighted by molar-refractivity contribution is -0.123. The van der Waals surface area contributed by atoms with Gasteiger partial charge < -0.3 is 47.2 Å². The van der Waals surface area contributed by atoms with Crippen LogP contribution >= 0.6 is 0 Å². The summed E-state index contributed by atoms with van der Waals surface area (Å²) in [5.74, 6) is -0.458. The van der Waals surface area contributed by atoms with Crippen molar-refractivity contribution in [1.29, 1.82) is 0 Å². The van der Waals surface area contributed by atoms with Crippen molar-refractivity contribution >= 4 is 17.7 Å². The SMILES string of the molecule is C=C(CC[C@@H](CO)NC(=O)CCC(C)NC(=C)CC[C@@H](CO)NC(=O)CCC(C)NC(=C)CC[C@@H](CO)NC(C)=O)NCCCC. The van der Waals surface area contributed by atoms with Gasteiger partial charge in [-0.25, -0.2) is 0 Å². The maximum Gasteiger partial charge on any atom is 0.220 e. The Bertz CT molecular complexity index is 930. The molecule has 12 nitrogen and oxygen atoms in total. The molecular weight excluding hydrogens is 588 g/mol. The van der Waals surface area contributed by atoms with Crippen molar-refractivity contribution in [3.8, 4) is 0 Å². The highest BCUT2D eigenvalue weighted by Crippen LogP contribution is 2.10. The first-order chi connectivity index (χ1) is 21.8. The maximum atomic E-state index is 12.5. The van der Waals surface area contributed by atoms with Gasteiger partial charge in [-0.1, -0.05) is 33.1 Å². The van der Waals surface area contributed by atoms with E-state index >= 15 is 0 Å². The maximum absolute atomic E-state index is 12.5. The molecule has 9 N–H and O–H groups in total. The van der Waals surface area contributed by atoms with Crippen LogP contribution in [-0.4, -0.2) is 89.6 Å². The van der Waals surface area contributed by atoms with Crippen molar-refractivity contribution < 1.29 is 29.7 Å². The monoisotopic (exact) mass is 652 g/mol. The second-order valence-electron chi connectivity index (χ2n) is 12.3. The standard InChI is InChI=1S/C34H64N6O6/c1-8-9-20-35-24(2)10-15-31(22-42)39-33(45)18-13-28(6)37-26(4)12-17-32(23-43)40-34(46)19-14-27(5)36-25(3)11-16-30(21-41)38-29(7)44/h27-28,30-32,35-37,41-43H,2-4,8-23H2,1,5-7H3,(H,38,44)(H,39,45)(H,40,46)/t27?,28?,30-,31-,32-/m0/s1. The Balaban J connectivity index is 4.30. The zero-order valence-electron chi connectivity index (χ0n) is 28.9. The molecule has 0 aromatic heterocycles. The Morgan fingerprint density at radius 2 is 0.978 bits per heavy atom. The number of aliphatic hydroxyl groups is 3. The number of nitrogens with one attached hydrogen (secondary N) is 6. The summed E-state index contributed by atoms with van der Waals surface area (Å²) < 4.78 is 0. The number of carbonyl (C=O) groups excluding carboxylic acids is 3. The molecule has 12 heteroatoms. The lowest BCUT2D eigenvalue weighted by atomic mass is 10.1. The van der Waals surface area contributed by atoms with Crippen molar-refractivity contribution in [3.63, 3.8) is 0 Å². The third-order valence-electron chi connectivity index (χ3n) is 7.60. The summed E-state index contributed by atoms with van der Waals surface area (Å²) in [6, 6.07) is -1.04.